The predicted octanol–water partition coefficient (Wildman–Crippen LogP) is 4.13. The number of fused-ring (bicyclic) bond motifs is 1. The first kappa shape index (κ1) is 21.0. The smallest absolute Gasteiger partial charge is 0.241 e. The van der Waals surface area contributed by atoms with Crippen molar-refractivity contribution in [3.8, 4) is 0 Å². The molecule has 8 heteroatoms. The lowest BCUT2D eigenvalue weighted by atomic mass is 10.0. The number of rotatable bonds is 6. The quantitative estimate of drug-likeness (QED) is 0.733. The van der Waals surface area contributed by atoms with E-state index in [4.69, 9.17) is 23.2 Å². The van der Waals surface area contributed by atoms with E-state index in [1.807, 2.05) is 13.0 Å². The molecule has 0 fully saturated rings. The van der Waals surface area contributed by atoms with Crippen molar-refractivity contribution < 1.29 is 13.2 Å². The first-order valence-corrected chi connectivity index (χ1v) is 11.6. The van der Waals surface area contributed by atoms with Crippen LogP contribution in [-0.4, -0.2) is 27.1 Å². The minimum Gasteiger partial charge on any atom is -0.348 e. The number of benzene rings is 2. The molecule has 0 saturated carbocycles. The molecule has 3 rings (SSSR count). The third kappa shape index (κ3) is 4.80. The summed E-state index contributed by atoms with van der Waals surface area (Å²) in [7, 11) is -3.73. The topological polar surface area (TPSA) is 66.5 Å². The van der Waals surface area contributed by atoms with Gasteiger partial charge in [0.05, 0.1) is 23.0 Å². The van der Waals surface area contributed by atoms with Crippen molar-refractivity contribution in [3.63, 3.8) is 0 Å². The van der Waals surface area contributed by atoms with E-state index in [0.29, 0.717) is 5.02 Å². The van der Waals surface area contributed by atoms with Gasteiger partial charge < -0.3 is 5.32 Å². The predicted molar refractivity (Wildman–Crippen MR) is 114 cm³/mol. The minimum absolute atomic E-state index is 0.178. The molecule has 5 nitrogen and oxygen atoms in total. The summed E-state index contributed by atoms with van der Waals surface area (Å²) in [6.07, 6.45) is 4.34. The molecule has 1 aliphatic rings. The van der Waals surface area contributed by atoms with E-state index < -0.39 is 15.9 Å². The summed E-state index contributed by atoms with van der Waals surface area (Å²) >= 11 is 12.1. The number of anilines is 1. The molecule has 0 bridgehead atoms. The zero-order valence-electron chi connectivity index (χ0n) is 15.7. The summed E-state index contributed by atoms with van der Waals surface area (Å²) in [4.78, 5) is 12.6. The summed E-state index contributed by atoms with van der Waals surface area (Å²) < 4.78 is 25.5. The zero-order valence-corrected chi connectivity index (χ0v) is 18.0. The van der Waals surface area contributed by atoms with E-state index in [9.17, 15) is 13.2 Å². The van der Waals surface area contributed by atoms with Crippen molar-refractivity contribution in [1.82, 2.24) is 5.32 Å². The number of carbonyl (C=O) groups excluding carboxylic acids is 1. The molecule has 0 saturated heterocycles. The van der Waals surface area contributed by atoms with Gasteiger partial charge in [-0.2, -0.15) is 0 Å². The molecule has 1 amide bonds. The molecule has 0 unspecified atom stereocenters. The standard InChI is InChI=1S/C20H22Cl2N2O3S/c1-13(15-7-6-14-4-3-5-16(14)10-15)23-20(25)12-24(28(2,26)27)19-11-17(21)8-9-18(19)22/h6-11,13H,3-5,12H2,1-2H3,(H,23,25)/t13-/m1/s1. The van der Waals surface area contributed by atoms with Crippen LogP contribution in [0.25, 0.3) is 0 Å². The fraction of sp³-hybridized carbons (Fsp3) is 0.350. The van der Waals surface area contributed by atoms with Crippen molar-refractivity contribution in [2.24, 2.45) is 0 Å². The average Bonchev–Trinajstić information content (AvgIpc) is 3.08. The van der Waals surface area contributed by atoms with Crippen LogP contribution in [0.4, 0.5) is 5.69 Å². The largest absolute Gasteiger partial charge is 0.348 e. The first-order chi connectivity index (χ1) is 13.1. The number of sulfonamides is 1. The molecule has 0 radical (unpaired) electrons. The van der Waals surface area contributed by atoms with Crippen molar-refractivity contribution in [2.75, 3.05) is 17.1 Å². The molecule has 1 aliphatic carbocycles. The highest BCUT2D eigenvalue weighted by atomic mass is 35.5. The van der Waals surface area contributed by atoms with Crippen molar-refractivity contribution in [1.29, 1.82) is 0 Å². The van der Waals surface area contributed by atoms with Gasteiger partial charge in [0.2, 0.25) is 15.9 Å². The van der Waals surface area contributed by atoms with E-state index >= 15 is 0 Å². The highest BCUT2D eigenvalue weighted by molar-refractivity contribution is 7.92. The minimum atomic E-state index is -3.73. The van der Waals surface area contributed by atoms with Crippen molar-refractivity contribution in [2.45, 2.75) is 32.2 Å². The summed E-state index contributed by atoms with van der Waals surface area (Å²) in [6.45, 7) is 1.50. The Morgan fingerprint density at radius 2 is 1.86 bits per heavy atom. The number of nitrogens with one attached hydrogen (secondary N) is 1. The van der Waals surface area contributed by atoms with Crippen molar-refractivity contribution in [3.05, 3.63) is 63.1 Å². The van der Waals surface area contributed by atoms with Crippen LogP contribution in [0.1, 0.15) is 36.1 Å². The lowest BCUT2D eigenvalue weighted by Gasteiger charge is -2.24. The van der Waals surface area contributed by atoms with Crippen molar-refractivity contribution >= 4 is 44.8 Å². The normalized spacial score (nSPS) is 14.4. The van der Waals surface area contributed by atoms with Crippen LogP contribution in [0.2, 0.25) is 10.0 Å². The number of amides is 1. The number of hydrogen-bond donors (Lipinski definition) is 1. The number of nitrogens with zero attached hydrogens (tertiary/aromatic N) is 1. The van der Waals surface area contributed by atoms with Gasteiger partial charge in [0.1, 0.15) is 6.54 Å². The highest BCUT2D eigenvalue weighted by Gasteiger charge is 2.24. The second-order valence-corrected chi connectivity index (χ2v) is 9.79. The van der Waals surface area contributed by atoms with Gasteiger partial charge in [-0.3, -0.25) is 9.10 Å². The van der Waals surface area contributed by atoms with Gasteiger partial charge in [-0.05, 0) is 61.1 Å². The van der Waals surface area contributed by atoms with Gasteiger partial charge in [0.15, 0.2) is 0 Å². The second-order valence-electron chi connectivity index (χ2n) is 7.04. The molecule has 0 aliphatic heterocycles. The molecule has 2 aromatic carbocycles. The van der Waals surface area contributed by atoms with Crippen LogP contribution in [0.5, 0.6) is 0 Å². The molecule has 28 heavy (non-hydrogen) atoms. The highest BCUT2D eigenvalue weighted by Crippen LogP contribution is 2.30. The van der Waals surface area contributed by atoms with E-state index in [-0.39, 0.29) is 23.3 Å². The van der Waals surface area contributed by atoms with Crippen LogP contribution in [0.3, 0.4) is 0 Å². The van der Waals surface area contributed by atoms with Gasteiger partial charge in [0.25, 0.3) is 0 Å². The maximum Gasteiger partial charge on any atom is 0.241 e. The maximum atomic E-state index is 12.6. The fourth-order valence-corrected chi connectivity index (χ4v) is 4.72. The summed E-state index contributed by atoms with van der Waals surface area (Å²) in [5, 5.41) is 3.41. The Labute approximate surface area is 175 Å². The molecular weight excluding hydrogens is 419 g/mol. The fourth-order valence-electron chi connectivity index (χ4n) is 3.42. The lowest BCUT2D eigenvalue weighted by Crippen LogP contribution is -2.41. The van der Waals surface area contributed by atoms with E-state index in [2.05, 4.69) is 17.4 Å². The first-order valence-electron chi connectivity index (χ1n) is 8.99. The Morgan fingerprint density at radius 1 is 1.14 bits per heavy atom. The molecule has 2 aromatic rings. The third-order valence-corrected chi connectivity index (χ3v) is 6.55. The summed E-state index contributed by atoms with van der Waals surface area (Å²) in [6, 6.07) is 10.5. The lowest BCUT2D eigenvalue weighted by molar-refractivity contribution is -0.120. The molecular formula is C20H22Cl2N2O3S. The monoisotopic (exact) mass is 440 g/mol. The van der Waals surface area contributed by atoms with E-state index in [1.165, 1.54) is 23.3 Å². The van der Waals surface area contributed by atoms with Gasteiger partial charge in [-0.1, -0.05) is 41.4 Å². The number of halogens is 2. The Hall–Kier alpha value is -1.76. The van der Waals surface area contributed by atoms with Crippen LogP contribution in [-0.2, 0) is 27.7 Å². The molecule has 0 aromatic heterocycles. The Kier molecular flexibility index (Phi) is 6.22. The average molecular weight is 441 g/mol. The zero-order chi connectivity index (χ0) is 20.5. The molecule has 1 atom stereocenters. The molecule has 0 heterocycles. The van der Waals surface area contributed by atoms with Crippen LogP contribution in [0.15, 0.2) is 36.4 Å². The van der Waals surface area contributed by atoms with Gasteiger partial charge in [0, 0.05) is 5.02 Å². The Bertz CT molecular complexity index is 1010. The third-order valence-electron chi connectivity index (χ3n) is 4.86. The second kappa shape index (κ2) is 8.31. The SMILES string of the molecule is C[C@@H](NC(=O)CN(c1cc(Cl)ccc1Cl)S(C)(=O)=O)c1ccc2c(c1)CCC2. The Morgan fingerprint density at radius 3 is 2.57 bits per heavy atom. The summed E-state index contributed by atoms with van der Waals surface area (Å²) in [5.74, 6) is -0.422. The molecule has 150 valence electrons. The molecule has 1 N–H and O–H groups in total. The number of hydrogen-bond acceptors (Lipinski definition) is 3. The van der Waals surface area contributed by atoms with Gasteiger partial charge in [-0.15, -0.1) is 0 Å². The number of carbonyl (C=O) groups is 1. The van der Waals surface area contributed by atoms with E-state index in [0.717, 1.165) is 35.4 Å². The number of aryl methyl sites for hydroxylation is 2. The summed E-state index contributed by atoms with van der Waals surface area (Å²) in [5.41, 5.74) is 3.86. The van der Waals surface area contributed by atoms with Crippen LogP contribution in [0, 0.1) is 0 Å². The maximum absolute atomic E-state index is 12.6. The Balaban J connectivity index is 1.76. The van der Waals surface area contributed by atoms with Crippen LogP contribution < -0.4 is 9.62 Å². The van der Waals surface area contributed by atoms with Gasteiger partial charge >= 0.3 is 0 Å². The van der Waals surface area contributed by atoms with Crippen LogP contribution >= 0.6 is 23.2 Å². The molecule has 0 spiro atoms. The van der Waals surface area contributed by atoms with E-state index in [1.54, 1.807) is 6.07 Å². The van der Waals surface area contributed by atoms with Gasteiger partial charge in [-0.25, -0.2) is 8.42 Å².